The Labute approximate surface area is 594 Å². The van der Waals surface area contributed by atoms with Crippen molar-refractivity contribution in [2.75, 3.05) is 39.6 Å². The summed E-state index contributed by atoms with van der Waals surface area (Å²) in [6.45, 7) is 11.9. The molecule has 0 rings (SSSR count). The Bertz CT molecular complexity index is 1890. The molecule has 19 heteroatoms. The van der Waals surface area contributed by atoms with Crippen molar-refractivity contribution in [2.45, 2.75) is 420 Å². The van der Waals surface area contributed by atoms with Gasteiger partial charge in [0.15, 0.2) is 12.2 Å². The number of aliphatic hydroxyl groups is 1. The quantitative estimate of drug-likeness (QED) is 0.0222. The lowest BCUT2D eigenvalue weighted by Gasteiger charge is -2.21. The summed E-state index contributed by atoms with van der Waals surface area (Å²) in [5.41, 5.74) is 0. The zero-order chi connectivity index (χ0) is 71.6. The van der Waals surface area contributed by atoms with Crippen LogP contribution in [0.25, 0.3) is 0 Å². The molecule has 7 atom stereocenters. The second-order valence-electron chi connectivity index (χ2n) is 29.1. The van der Waals surface area contributed by atoms with Crippen molar-refractivity contribution in [3.8, 4) is 0 Å². The zero-order valence-electron chi connectivity index (χ0n) is 63.5. The summed E-state index contributed by atoms with van der Waals surface area (Å²) in [7, 11) is -9.92. The van der Waals surface area contributed by atoms with Crippen molar-refractivity contribution < 1.29 is 80.2 Å². The Morgan fingerprint density at radius 2 is 0.526 bits per heavy atom. The number of hydrogen-bond acceptors (Lipinski definition) is 15. The SMILES string of the molecule is CCCCCCCCCCCCCCCCC(=O)O[C@H](COC(=O)CCCCCCCCC(C)CC)COP(=O)(O)OC[C@H](O)COP(=O)(O)OC[C@@H](COC(=O)CCCCCCCCCCCCC(C)CC)OC(=O)CCCCCCCCCCCCCCCCCCC(C)C. The maximum atomic E-state index is 13.1. The van der Waals surface area contributed by atoms with Crippen molar-refractivity contribution in [3.05, 3.63) is 0 Å². The first-order valence-corrected chi connectivity index (χ1v) is 43.4. The molecule has 0 bridgehead atoms. The fourth-order valence-corrected chi connectivity index (χ4v) is 13.5. The van der Waals surface area contributed by atoms with Crippen LogP contribution in [-0.2, 0) is 65.4 Å². The maximum absolute atomic E-state index is 13.1. The van der Waals surface area contributed by atoms with Crippen LogP contribution in [0.1, 0.15) is 402 Å². The summed E-state index contributed by atoms with van der Waals surface area (Å²) >= 11 is 0. The number of hydrogen-bond donors (Lipinski definition) is 3. The minimum absolute atomic E-state index is 0.107. The number of phosphoric acid groups is 2. The van der Waals surface area contributed by atoms with Crippen molar-refractivity contribution in [2.24, 2.45) is 17.8 Å². The van der Waals surface area contributed by atoms with Gasteiger partial charge in [-0.25, -0.2) is 9.13 Å². The van der Waals surface area contributed by atoms with E-state index in [-0.39, 0.29) is 25.7 Å². The molecule has 0 aliphatic rings. The Kier molecular flexibility index (Phi) is 67.1. The number of phosphoric ester groups is 2. The van der Waals surface area contributed by atoms with Gasteiger partial charge in [0, 0.05) is 25.7 Å². The van der Waals surface area contributed by atoms with Gasteiger partial charge in [-0.15, -0.1) is 0 Å². The molecule has 0 aromatic rings. The van der Waals surface area contributed by atoms with Crippen LogP contribution in [0.15, 0.2) is 0 Å². The third kappa shape index (κ3) is 69.5. The monoisotopic (exact) mass is 1420 g/mol. The molecule has 0 amide bonds. The molecule has 0 spiro atoms. The molecule has 0 fully saturated rings. The van der Waals surface area contributed by atoms with E-state index in [1.807, 2.05) is 0 Å². The average Bonchev–Trinajstić information content (AvgIpc) is 1.43. The minimum atomic E-state index is -4.96. The fourth-order valence-electron chi connectivity index (χ4n) is 11.9. The van der Waals surface area contributed by atoms with Gasteiger partial charge in [-0.2, -0.15) is 0 Å². The molecule has 3 N–H and O–H groups in total. The zero-order valence-corrected chi connectivity index (χ0v) is 65.3. The van der Waals surface area contributed by atoms with Crippen molar-refractivity contribution >= 4 is 39.5 Å². The Morgan fingerprint density at radius 3 is 0.784 bits per heavy atom. The number of aliphatic hydroxyl groups excluding tert-OH is 1. The highest BCUT2D eigenvalue weighted by Gasteiger charge is 2.30. The number of unbranched alkanes of at least 4 members (excludes halogenated alkanes) is 42. The van der Waals surface area contributed by atoms with Gasteiger partial charge in [0.1, 0.15) is 19.3 Å². The largest absolute Gasteiger partial charge is 0.472 e. The van der Waals surface area contributed by atoms with Crippen molar-refractivity contribution in [1.29, 1.82) is 0 Å². The first-order chi connectivity index (χ1) is 46.8. The molecule has 0 aromatic heterocycles. The van der Waals surface area contributed by atoms with Crippen molar-refractivity contribution in [1.82, 2.24) is 0 Å². The molecule has 17 nitrogen and oxygen atoms in total. The molecule has 0 aromatic carbocycles. The normalized spacial score (nSPS) is 14.6. The number of esters is 4. The van der Waals surface area contributed by atoms with E-state index in [9.17, 15) is 43.2 Å². The lowest BCUT2D eigenvalue weighted by Crippen LogP contribution is -2.30. The summed E-state index contributed by atoms with van der Waals surface area (Å²) in [5.74, 6) is 0.235. The van der Waals surface area contributed by atoms with Crippen LogP contribution in [0.5, 0.6) is 0 Å². The third-order valence-corrected chi connectivity index (χ3v) is 20.8. The van der Waals surface area contributed by atoms with Crippen molar-refractivity contribution in [3.63, 3.8) is 0 Å². The Morgan fingerprint density at radius 1 is 0.299 bits per heavy atom. The highest BCUT2D eigenvalue weighted by Crippen LogP contribution is 2.45. The molecule has 97 heavy (non-hydrogen) atoms. The van der Waals surface area contributed by atoms with E-state index in [1.165, 1.54) is 205 Å². The smallest absolute Gasteiger partial charge is 0.462 e. The van der Waals surface area contributed by atoms with Crippen LogP contribution in [0.2, 0.25) is 0 Å². The van der Waals surface area contributed by atoms with Gasteiger partial charge < -0.3 is 33.8 Å². The summed E-state index contributed by atoms with van der Waals surface area (Å²) < 4.78 is 68.6. The summed E-state index contributed by atoms with van der Waals surface area (Å²) in [6, 6.07) is 0. The van der Waals surface area contributed by atoms with Crippen LogP contribution >= 0.6 is 15.6 Å². The summed E-state index contributed by atoms with van der Waals surface area (Å²) in [6.07, 6.45) is 55.4. The molecule has 0 aliphatic heterocycles. The van der Waals surface area contributed by atoms with Gasteiger partial charge in [0.25, 0.3) is 0 Å². The summed E-state index contributed by atoms with van der Waals surface area (Å²) in [4.78, 5) is 72.9. The third-order valence-electron chi connectivity index (χ3n) is 18.9. The van der Waals surface area contributed by atoms with E-state index < -0.39 is 97.5 Å². The lowest BCUT2D eigenvalue weighted by atomic mass is 9.99. The van der Waals surface area contributed by atoms with E-state index in [4.69, 9.17) is 37.0 Å². The molecular weight excluding hydrogens is 1270 g/mol. The van der Waals surface area contributed by atoms with Crippen LogP contribution in [0.4, 0.5) is 0 Å². The van der Waals surface area contributed by atoms with E-state index in [0.717, 1.165) is 114 Å². The van der Waals surface area contributed by atoms with Gasteiger partial charge in [0.2, 0.25) is 0 Å². The van der Waals surface area contributed by atoms with E-state index in [0.29, 0.717) is 25.7 Å². The Balaban J connectivity index is 5.25. The van der Waals surface area contributed by atoms with E-state index >= 15 is 0 Å². The highest BCUT2D eigenvalue weighted by molar-refractivity contribution is 7.47. The van der Waals surface area contributed by atoms with E-state index in [2.05, 4.69) is 48.5 Å². The first-order valence-electron chi connectivity index (χ1n) is 40.4. The predicted octanol–water partition coefficient (Wildman–Crippen LogP) is 23.0. The van der Waals surface area contributed by atoms with Gasteiger partial charge in [-0.3, -0.25) is 37.3 Å². The lowest BCUT2D eigenvalue weighted by molar-refractivity contribution is -0.161. The van der Waals surface area contributed by atoms with Crippen LogP contribution in [0.3, 0.4) is 0 Å². The van der Waals surface area contributed by atoms with Crippen LogP contribution in [-0.4, -0.2) is 96.7 Å². The molecular formula is C78H152O17P2. The number of ether oxygens (including phenoxy) is 4. The maximum Gasteiger partial charge on any atom is 0.472 e. The van der Waals surface area contributed by atoms with Gasteiger partial charge in [-0.05, 0) is 43.4 Å². The van der Waals surface area contributed by atoms with Crippen LogP contribution < -0.4 is 0 Å². The van der Waals surface area contributed by atoms with Gasteiger partial charge >= 0.3 is 39.5 Å². The second-order valence-corrected chi connectivity index (χ2v) is 32.0. The Hall–Kier alpha value is -1.94. The highest BCUT2D eigenvalue weighted by atomic mass is 31.2. The molecule has 4 unspecified atom stereocenters. The van der Waals surface area contributed by atoms with Gasteiger partial charge in [0.05, 0.1) is 26.4 Å². The van der Waals surface area contributed by atoms with E-state index in [1.54, 1.807) is 0 Å². The molecule has 0 saturated carbocycles. The number of rotatable bonds is 76. The number of carbonyl (C=O) groups is 4. The summed E-state index contributed by atoms with van der Waals surface area (Å²) in [5, 5.41) is 10.6. The molecule has 576 valence electrons. The molecule has 0 heterocycles. The minimum Gasteiger partial charge on any atom is -0.462 e. The number of carbonyl (C=O) groups excluding carboxylic acids is 4. The van der Waals surface area contributed by atoms with Gasteiger partial charge in [-0.1, -0.05) is 350 Å². The average molecular weight is 1420 g/mol. The first kappa shape index (κ1) is 95.1. The topological polar surface area (TPSA) is 237 Å². The fraction of sp³-hybridized carbons (Fsp3) is 0.949. The standard InChI is InChI=1S/C78H152O17P2/c1-8-11-12-13-14-15-16-17-23-26-33-38-47-54-61-78(83)95-74(66-89-76(81)60-53-46-41-40-44-51-58-71(7)10-3)68-93-97(86,87)91-64-72(79)63-90-96(84,85)92-67-73(65-88-75(80)59-52-45-37-32-29-28-31-36-43-50-57-70(6)9-2)94-77(82)62-55-48-39-34-27-24-21-19-18-20-22-25-30-35-42-49-56-69(4)5/h69-74,79H,8-68H2,1-7H3,(H,84,85)(H,86,87)/t70?,71?,72-,73-,74-/m1/s1. The molecule has 0 radical (unpaired) electrons. The van der Waals surface area contributed by atoms with Crippen LogP contribution in [0, 0.1) is 17.8 Å². The predicted molar refractivity (Wildman–Crippen MR) is 395 cm³/mol. The molecule has 0 saturated heterocycles. The second kappa shape index (κ2) is 68.5. The molecule has 0 aliphatic carbocycles.